The fraction of sp³-hybridized carbons (Fsp3) is 0.241. The van der Waals surface area contributed by atoms with E-state index in [0.29, 0.717) is 42.1 Å². The highest BCUT2D eigenvalue weighted by atomic mass is 16.6. The molecular formula is C29H33N3O5. The highest BCUT2D eigenvalue weighted by molar-refractivity contribution is 6.01. The number of para-hydroxylation sites is 2. The number of benzene rings is 3. The van der Waals surface area contributed by atoms with E-state index in [1.165, 1.54) is 6.08 Å². The van der Waals surface area contributed by atoms with Gasteiger partial charge in [0.2, 0.25) is 5.91 Å². The first-order valence-electron chi connectivity index (χ1n) is 12.1. The Bertz CT molecular complexity index is 1190. The van der Waals surface area contributed by atoms with Gasteiger partial charge in [0.1, 0.15) is 18.5 Å². The second-order valence-corrected chi connectivity index (χ2v) is 8.44. The number of rotatable bonds is 12. The molecule has 5 N–H and O–H groups in total. The molecule has 0 aliphatic heterocycles. The number of carbonyl (C=O) groups is 2. The van der Waals surface area contributed by atoms with Gasteiger partial charge in [0.05, 0.1) is 18.0 Å². The molecule has 0 saturated heterocycles. The van der Waals surface area contributed by atoms with Gasteiger partial charge in [-0.3, -0.25) is 10.1 Å². The summed E-state index contributed by atoms with van der Waals surface area (Å²) in [6.45, 7) is 2.05. The van der Waals surface area contributed by atoms with E-state index in [1.54, 1.807) is 42.5 Å². The Balaban J connectivity index is 1.60. The Morgan fingerprint density at radius 3 is 2.57 bits per heavy atom. The highest BCUT2D eigenvalue weighted by Gasteiger charge is 2.17. The summed E-state index contributed by atoms with van der Waals surface area (Å²) in [7, 11) is 0. The summed E-state index contributed by atoms with van der Waals surface area (Å²) in [5, 5.41) is 14.6. The molecule has 0 aliphatic carbocycles. The van der Waals surface area contributed by atoms with Crippen molar-refractivity contribution in [2.24, 2.45) is 0 Å². The van der Waals surface area contributed by atoms with Crippen LogP contribution < -0.4 is 21.1 Å². The minimum absolute atomic E-state index is 0.0973. The van der Waals surface area contributed by atoms with Crippen molar-refractivity contribution in [1.29, 1.82) is 0 Å². The smallest absolute Gasteiger partial charge is 0.412 e. The third-order valence-corrected chi connectivity index (χ3v) is 5.46. The van der Waals surface area contributed by atoms with E-state index in [4.69, 9.17) is 20.3 Å². The number of unbranched alkanes of at least 4 members (excludes halogenated alkanes) is 1. The van der Waals surface area contributed by atoms with Crippen LogP contribution in [0.1, 0.15) is 36.5 Å². The predicted molar refractivity (Wildman–Crippen MR) is 146 cm³/mol. The minimum Gasteiger partial charge on any atom is -0.491 e. The number of nitrogen functional groups attached to an aromatic ring is 1. The average Bonchev–Trinajstić information content (AvgIpc) is 2.89. The second kappa shape index (κ2) is 14.3. The first-order valence-corrected chi connectivity index (χ1v) is 12.1. The summed E-state index contributed by atoms with van der Waals surface area (Å²) < 4.78 is 11.3. The number of hydrogen-bond donors (Lipinski definition) is 4. The van der Waals surface area contributed by atoms with Gasteiger partial charge in [-0.2, -0.15) is 0 Å². The van der Waals surface area contributed by atoms with E-state index in [9.17, 15) is 9.59 Å². The topological polar surface area (TPSA) is 123 Å². The number of anilines is 3. The van der Waals surface area contributed by atoms with Crippen LogP contribution in [-0.2, 0) is 9.53 Å². The quantitative estimate of drug-likeness (QED) is 0.145. The number of aryl methyl sites for hydroxylation is 1. The molecule has 37 heavy (non-hydrogen) atoms. The van der Waals surface area contributed by atoms with Crippen molar-refractivity contribution in [2.75, 3.05) is 29.6 Å². The van der Waals surface area contributed by atoms with Crippen LogP contribution in [0.5, 0.6) is 5.75 Å². The maximum absolute atomic E-state index is 12.6. The zero-order chi connectivity index (χ0) is 26.5. The predicted octanol–water partition coefficient (Wildman–Crippen LogP) is 5.60. The highest BCUT2D eigenvalue weighted by Crippen LogP contribution is 2.28. The van der Waals surface area contributed by atoms with Crippen LogP contribution in [0.3, 0.4) is 0 Å². The number of nitrogens with one attached hydrogen (secondary N) is 2. The summed E-state index contributed by atoms with van der Waals surface area (Å²) in [5.74, 6) is 0.313. The molecule has 0 heterocycles. The molecule has 3 aromatic carbocycles. The zero-order valence-electron chi connectivity index (χ0n) is 20.9. The van der Waals surface area contributed by atoms with E-state index >= 15 is 0 Å². The number of carbonyl (C=O) groups excluding carboxylic acids is 2. The van der Waals surface area contributed by atoms with Crippen LogP contribution in [0.2, 0.25) is 0 Å². The first-order chi connectivity index (χ1) is 17.9. The third kappa shape index (κ3) is 9.35. The molecule has 3 rings (SSSR count). The molecule has 0 unspecified atom stereocenters. The van der Waals surface area contributed by atoms with Crippen LogP contribution in [0.25, 0.3) is 0 Å². The fourth-order valence-electron chi connectivity index (χ4n) is 3.57. The molecule has 3 aromatic rings. The molecule has 0 aliphatic rings. The monoisotopic (exact) mass is 503 g/mol. The number of amides is 2. The van der Waals surface area contributed by atoms with Gasteiger partial charge in [-0.15, -0.1) is 0 Å². The lowest BCUT2D eigenvalue weighted by Crippen LogP contribution is -2.18. The average molecular weight is 504 g/mol. The van der Waals surface area contributed by atoms with Crippen LogP contribution in [0.15, 0.2) is 84.9 Å². The first kappa shape index (κ1) is 27.3. The molecule has 8 nitrogen and oxygen atoms in total. The summed E-state index contributed by atoms with van der Waals surface area (Å²) in [4.78, 5) is 24.8. The lowest BCUT2D eigenvalue weighted by molar-refractivity contribution is -0.111. The van der Waals surface area contributed by atoms with Gasteiger partial charge in [0.25, 0.3) is 0 Å². The fourth-order valence-corrected chi connectivity index (χ4v) is 3.57. The molecule has 0 aromatic heterocycles. The van der Waals surface area contributed by atoms with E-state index in [1.807, 2.05) is 43.3 Å². The molecule has 2 amide bonds. The number of aliphatic hydroxyl groups is 1. The van der Waals surface area contributed by atoms with Crippen molar-refractivity contribution in [3.05, 3.63) is 96.1 Å². The van der Waals surface area contributed by atoms with Crippen molar-refractivity contribution in [3.8, 4) is 5.75 Å². The lowest BCUT2D eigenvalue weighted by atomic mass is 10.0. The molecule has 8 heteroatoms. The van der Waals surface area contributed by atoms with E-state index < -0.39 is 12.2 Å². The minimum atomic E-state index is -0.564. The Hall–Kier alpha value is -4.30. The van der Waals surface area contributed by atoms with Crippen molar-refractivity contribution in [1.82, 2.24) is 0 Å². The molecule has 1 atom stereocenters. The van der Waals surface area contributed by atoms with Crippen LogP contribution in [-0.4, -0.2) is 30.3 Å². The Morgan fingerprint density at radius 2 is 1.81 bits per heavy atom. The van der Waals surface area contributed by atoms with Gasteiger partial charge in [-0.25, -0.2) is 4.79 Å². The van der Waals surface area contributed by atoms with E-state index in [2.05, 4.69) is 10.6 Å². The second-order valence-electron chi connectivity index (χ2n) is 8.44. The maximum atomic E-state index is 12.6. The third-order valence-electron chi connectivity index (χ3n) is 5.46. The van der Waals surface area contributed by atoms with Gasteiger partial charge in [-0.05, 0) is 74.2 Å². The molecule has 0 bridgehead atoms. The van der Waals surface area contributed by atoms with Crippen LogP contribution in [0, 0.1) is 6.92 Å². The number of ether oxygens (including phenoxy) is 2. The molecule has 0 spiro atoms. The summed E-state index contributed by atoms with van der Waals surface area (Å²) in [5.41, 5.74) is 9.42. The molecular weight excluding hydrogens is 470 g/mol. The standard InChI is InChI=1S/C29H33N3O5/c1-21-14-16-23(17-15-21)31-29(35)37-27(22-8-7-9-24(20-22)36-19-18-33)12-3-2-4-13-28(34)32-26-11-6-5-10-25(26)30/h4-11,13-17,20,27,33H,2-3,12,18-19,30H2,1H3,(H,31,35)(H,32,34)/b13-4+/t27-/m1/s1. The van der Waals surface area contributed by atoms with Crippen LogP contribution in [0.4, 0.5) is 21.9 Å². The van der Waals surface area contributed by atoms with Gasteiger partial charge in [0, 0.05) is 5.69 Å². The molecule has 0 radical (unpaired) electrons. The van der Waals surface area contributed by atoms with Crippen molar-refractivity contribution >= 4 is 29.1 Å². The van der Waals surface area contributed by atoms with Gasteiger partial charge < -0.3 is 25.6 Å². The zero-order valence-corrected chi connectivity index (χ0v) is 20.9. The normalized spacial score (nSPS) is 11.6. The Kier molecular flexibility index (Phi) is 10.6. The number of hydrogen-bond acceptors (Lipinski definition) is 6. The molecule has 194 valence electrons. The molecule has 0 saturated carbocycles. The SMILES string of the molecule is Cc1ccc(NC(=O)O[C@H](CCC/C=C/C(=O)Nc2ccccc2N)c2cccc(OCCO)c2)cc1. The van der Waals surface area contributed by atoms with E-state index in [-0.39, 0.29) is 19.1 Å². The Morgan fingerprint density at radius 1 is 1.03 bits per heavy atom. The van der Waals surface area contributed by atoms with Gasteiger partial charge in [-0.1, -0.05) is 48.0 Å². The maximum Gasteiger partial charge on any atom is 0.412 e. The van der Waals surface area contributed by atoms with Gasteiger partial charge >= 0.3 is 6.09 Å². The number of nitrogens with two attached hydrogens (primary N) is 1. The summed E-state index contributed by atoms with van der Waals surface area (Å²) >= 11 is 0. The number of allylic oxidation sites excluding steroid dienone is 1. The van der Waals surface area contributed by atoms with Crippen molar-refractivity contribution in [3.63, 3.8) is 0 Å². The number of aliphatic hydroxyl groups excluding tert-OH is 1. The summed E-state index contributed by atoms with van der Waals surface area (Å²) in [6, 6.07) is 21.8. The van der Waals surface area contributed by atoms with Crippen molar-refractivity contribution in [2.45, 2.75) is 32.3 Å². The largest absolute Gasteiger partial charge is 0.491 e. The van der Waals surface area contributed by atoms with Crippen molar-refractivity contribution < 1.29 is 24.2 Å². The van der Waals surface area contributed by atoms with E-state index in [0.717, 1.165) is 11.1 Å². The van der Waals surface area contributed by atoms with Crippen LogP contribution >= 0.6 is 0 Å². The lowest BCUT2D eigenvalue weighted by Gasteiger charge is -2.19. The molecule has 0 fully saturated rings. The van der Waals surface area contributed by atoms with Gasteiger partial charge in [0.15, 0.2) is 0 Å². The Labute approximate surface area is 217 Å². The summed E-state index contributed by atoms with van der Waals surface area (Å²) in [6.07, 6.45) is 3.95.